The van der Waals surface area contributed by atoms with Crippen LogP contribution in [-0.4, -0.2) is 29.5 Å². The molecule has 78 valence electrons. The van der Waals surface area contributed by atoms with Gasteiger partial charge in [-0.15, -0.1) is 0 Å². The van der Waals surface area contributed by atoms with Crippen molar-refractivity contribution in [1.29, 1.82) is 0 Å². The summed E-state index contributed by atoms with van der Waals surface area (Å²) in [5.41, 5.74) is 5.08. The van der Waals surface area contributed by atoms with Gasteiger partial charge in [0.05, 0.1) is 0 Å². The Kier molecular flexibility index (Phi) is 4.65. The van der Waals surface area contributed by atoms with E-state index in [2.05, 4.69) is 4.74 Å². The fourth-order valence-corrected chi connectivity index (χ4v) is 0.581. The van der Waals surface area contributed by atoms with E-state index in [1.54, 1.807) is 0 Å². The Balaban J connectivity index is 4.13. The van der Waals surface area contributed by atoms with E-state index in [4.69, 9.17) is 5.73 Å². The van der Waals surface area contributed by atoms with Crippen LogP contribution in [0, 0.1) is 0 Å². The molecule has 0 rings (SSSR count). The van der Waals surface area contributed by atoms with Gasteiger partial charge in [0.25, 0.3) is 0 Å². The molecule has 0 aromatic carbocycles. The van der Waals surface area contributed by atoms with Crippen LogP contribution < -0.4 is 5.73 Å². The first-order chi connectivity index (χ1) is 6.34. The summed E-state index contributed by atoms with van der Waals surface area (Å²) in [6.45, 7) is 2.28. The number of carbonyl (C=O) groups is 4. The van der Waals surface area contributed by atoms with E-state index in [-0.39, 0.29) is 0 Å². The maximum atomic E-state index is 10.9. The SMILES string of the molecule is CC(=O)CC(=O)OC(=O)C(N)C(C)=O. The molecule has 0 saturated heterocycles. The number of esters is 2. The first-order valence-corrected chi connectivity index (χ1v) is 3.84. The third kappa shape index (κ3) is 4.46. The second-order valence-corrected chi connectivity index (χ2v) is 2.76. The second kappa shape index (κ2) is 5.23. The Hall–Kier alpha value is -1.56. The Labute approximate surface area is 80.4 Å². The minimum Gasteiger partial charge on any atom is -0.391 e. The van der Waals surface area contributed by atoms with Gasteiger partial charge in [0, 0.05) is 0 Å². The lowest BCUT2D eigenvalue weighted by atomic mass is 10.2. The zero-order valence-electron chi connectivity index (χ0n) is 7.90. The summed E-state index contributed by atoms with van der Waals surface area (Å²) >= 11 is 0. The Morgan fingerprint density at radius 2 is 1.71 bits per heavy atom. The molecule has 1 unspecified atom stereocenters. The Bertz CT molecular complexity index is 283. The first-order valence-electron chi connectivity index (χ1n) is 3.84. The number of Topliss-reactive ketones (excluding diaryl/α,β-unsaturated/α-hetero) is 2. The molecule has 0 aliphatic heterocycles. The highest BCUT2D eigenvalue weighted by atomic mass is 16.6. The van der Waals surface area contributed by atoms with Crippen LogP contribution in [0.25, 0.3) is 0 Å². The van der Waals surface area contributed by atoms with Gasteiger partial charge in [0.15, 0.2) is 11.8 Å². The van der Waals surface area contributed by atoms with Gasteiger partial charge in [-0.25, -0.2) is 4.79 Å². The molecule has 0 aromatic rings. The van der Waals surface area contributed by atoms with Gasteiger partial charge in [-0.2, -0.15) is 0 Å². The number of nitrogens with two attached hydrogens (primary N) is 1. The summed E-state index contributed by atoms with van der Waals surface area (Å²) < 4.78 is 4.14. The molecule has 0 fully saturated rings. The highest BCUT2D eigenvalue weighted by Gasteiger charge is 2.22. The normalized spacial score (nSPS) is 11.6. The smallest absolute Gasteiger partial charge is 0.338 e. The number of rotatable bonds is 4. The van der Waals surface area contributed by atoms with E-state index in [0.29, 0.717) is 0 Å². The van der Waals surface area contributed by atoms with Crippen LogP contribution in [0.4, 0.5) is 0 Å². The second-order valence-electron chi connectivity index (χ2n) is 2.76. The fourth-order valence-electron chi connectivity index (χ4n) is 0.581. The molecule has 0 heterocycles. The molecule has 0 bridgehead atoms. The van der Waals surface area contributed by atoms with E-state index in [9.17, 15) is 19.2 Å². The van der Waals surface area contributed by atoms with E-state index < -0.39 is 36.0 Å². The maximum Gasteiger partial charge on any atom is 0.338 e. The van der Waals surface area contributed by atoms with Crippen LogP contribution in [0.2, 0.25) is 0 Å². The van der Waals surface area contributed by atoms with Gasteiger partial charge in [0.1, 0.15) is 12.2 Å². The van der Waals surface area contributed by atoms with Gasteiger partial charge >= 0.3 is 11.9 Å². The molecule has 0 aliphatic rings. The van der Waals surface area contributed by atoms with Gasteiger partial charge in [-0.3, -0.25) is 14.4 Å². The number of ketones is 2. The predicted octanol–water partition coefficient (Wildman–Crippen LogP) is -1.05. The topological polar surface area (TPSA) is 104 Å². The fraction of sp³-hybridized carbons (Fsp3) is 0.500. The molecule has 0 radical (unpaired) electrons. The molecule has 6 nitrogen and oxygen atoms in total. The van der Waals surface area contributed by atoms with Crippen LogP contribution in [-0.2, 0) is 23.9 Å². The van der Waals surface area contributed by atoms with Crippen LogP contribution >= 0.6 is 0 Å². The summed E-state index contributed by atoms with van der Waals surface area (Å²) in [5, 5.41) is 0. The molecule has 6 heteroatoms. The molecule has 0 spiro atoms. The molecule has 1 atom stereocenters. The average molecular weight is 201 g/mol. The third-order valence-electron chi connectivity index (χ3n) is 1.30. The van der Waals surface area contributed by atoms with Crippen molar-refractivity contribution in [2.45, 2.75) is 26.3 Å². The highest BCUT2D eigenvalue weighted by Crippen LogP contribution is 1.92. The standard InChI is InChI=1S/C8H11NO5/c1-4(10)3-6(12)14-8(13)7(9)5(2)11/h7H,3,9H2,1-2H3. The van der Waals surface area contributed by atoms with Crippen LogP contribution in [0.15, 0.2) is 0 Å². The van der Waals surface area contributed by atoms with Gasteiger partial charge in [-0.1, -0.05) is 0 Å². The van der Waals surface area contributed by atoms with Crippen LogP contribution in [0.3, 0.4) is 0 Å². The number of hydrogen-bond donors (Lipinski definition) is 1. The summed E-state index contributed by atoms with van der Waals surface area (Å²) in [5.74, 6) is -3.17. The molecular weight excluding hydrogens is 190 g/mol. The van der Waals surface area contributed by atoms with Crippen molar-refractivity contribution >= 4 is 23.5 Å². The van der Waals surface area contributed by atoms with Crippen molar-refractivity contribution in [3.63, 3.8) is 0 Å². The molecule has 0 aromatic heterocycles. The first kappa shape index (κ1) is 12.4. The Morgan fingerprint density at radius 3 is 2.07 bits per heavy atom. The minimum atomic E-state index is -1.47. The lowest BCUT2D eigenvalue weighted by molar-refractivity contribution is -0.161. The zero-order valence-corrected chi connectivity index (χ0v) is 7.90. The number of ether oxygens (including phenoxy) is 1. The quantitative estimate of drug-likeness (QED) is 0.460. The monoisotopic (exact) mass is 201 g/mol. The maximum absolute atomic E-state index is 10.9. The summed E-state index contributed by atoms with van der Waals surface area (Å²) in [6, 6.07) is -1.47. The van der Waals surface area contributed by atoms with Crippen molar-refractivity contribution in [2.75, 3.05) is 0 Å². The molecule has 0 aliphatic carbocycles. The van der Waals surface area contributed by atoms with E-state index in [1.807, 2.05) is 0 Å². The lowest BCUT2D eigenvalue weighted by Crippen LogP contribution is -2.39. The minimum absolute atomic E-state index is 0.431. The molecule has 0 saturated carbocycles. The summed E-state index contributed by atoms with van der Waals surface area (Å²) in [7, 11) is 0. The van der Waals surface area contributed by atoms with E-state index in [0.717, 1.165) is 6.92 Å². The number of carbonyl (C=O) groups excluding carboxylic acids is 4. The van der Waals surface area contributed by atoms with Crippen LogP contribution in [0.5, 0.6) is 0 Å². The lowest BCUT2D eigenvalue weighted by Gasteiger charge is -2.05. The number of hydrogen-bond acceptors (Lipinski definition) is 6. The van der Waals surface area contributed by atoms with E-state index >= 15 is 0 Å². The molecule has 14 heavy (non-hydrogen) atoms. The summed E-state index contributed by atoms with van der Waals surface area (Å²) in [4.78, 5) is 42.7. The van der Waals surface area contributed by atoms with Crippen LogP contribution in [0.1, 0.15) is 20.3 Å². The zero-order chi connectivity index (χ0) is 11.3. The Morgan fingerprint density at radius 1 is 1.21 bits per heavy atom. The van der Waals surface area contributed by atoms with Crippen molar-refractivity contribution in [3.05, 3.63) is 0 Å². The highest BCUT2D eigenvalue weighted by molar-refractivity contribution is 6.06. The van der Waals surface area contributed by atoms with Gasteiger partial charge in [-0.05, 0) is 13.8 Å². The predicted molar refractivity (Wildman–Crippen MR) is 45.1 cm³/mol. The van der Waals surface area contributed by atoms with Crippen molar-refractivity contribution in [1.82, 2.24) is 0 Å². The molecule has 0 amide bonds. The summed E-state index contributed by atoms with van der Waals surface area (Å²) in [6.07, 6.45) is -0.504. The average Bonchev–Trinajstić information content (AvgIpc) is 2.00. The largest absolute Gasteiger partial charge is 0.391 e. The van der Waals surface area contributed by atoms with Gasteiger partial charge in [0.2, 0.25) is 0 Å². The van der Waals surface area contributed by atoms with Gasteiger partial charge < -0.3 is 10.5 Å². The van der Waals surface area contributed by atoms with Crippen molar-refractivity contribution in [3.8, 4) is 0 Å². The molecular formula is C8H11NO5. The van der Waals surface area contributed by atoms with Crippen molar-refractivity contribution in [2.24, 2.45) is 5.73 Å². The molecule has 2 N–H and O–H groups in total. The van der Waals surface area contributed by atoms with E-state index in [1.165, 1.54) is 6.92 Å². The van der Waals surface area contributed by atoms with Crippen molar-refractivity contribution < 1.29 is 23.9 Å². The third-order valence-corrected chi connectivity index (χ3v) is 1.30.